The van der Waals surface area contributed by atoms with Gasteiger partial charge >= 0.3 is 5.97 Å². The third-order valence-corrected chi connectivity index (χ3v) is 4.26. The van der Waals surface area contributed by atoms with Crippen LogP contribution in [-0.4, -0.2) is 39.7 Å². The molecule has 0 aromatic heterocycles. The van der Waals surface area contributed by atoms with E-state index in [1.165, 1.54) is 11.0 Å². The highest BCUT2D eigenvalue weighted by Gasteiger charge is 2.38. The summed E-state index contributed by atoms with van der Waals surface area (Å²) in [6.45, 7) is 0.223. The van der Waals surface area contributed by atoms with Crippen LogP contribution in [0.5, 0.6) is 0 Å². The number of fused-ring (bicyclic) bond motifs is 1. The average Bonchev–Trinajstić information content (AvgIpc) is 2.76. The second-order valence-electron chi connectivity index (χ2n) is 5.80. The van der Waals surface area contributed by atoms with Gasteiger partial charge in [-0.2, -0.15) is 0 Å². The summed E-state index contributed by atoms with van der Waals surface area (Å²) in [5, 5.41) is 11.1. The SMILES string of the molecule is O=C(O)/C=C/c1cccc2c1CN(C1CCCC(=O)NC1=O)C2=O. The lowest BCUT2D eigenvalue weighted by atomic mass is 10.0. The normalized spacial score (nSPS) is 20.9. The van der Waals surface area contributed by atoms with Crippen molar-refractivity contribution < 1.29 is 24.3 Å². The first kappa shape index (κ1) is 15.9. The zero-order chi connectivity index (χ0) is 17.3. The Morgan fingerprint density at radius 2 is 2.08 bits per heavy atom. The van der Waals surface area contributed by atoms with Gasteiger partial charge in [-0.25, -0.2) is 4.79 Å². The molecule has 2 N–H and O–H groups in total. The Hall–Kier alpha value is -2.96. The number of carboxylic acid groups (broad SMARTS) is 1. The first-order chi connectivity index (χ1) is 11.5. The molecule has 3 amide bonds. The van der Waals surface area contributed by atoms with Crippen molar-refractivity contribution in [3.8, 4) is 0 Å². The Balaban J connectivity index is 1.90. The Labute approximate surface area is 137 Å². The quantitative estimate of drug-likeness (QED) is 0.635. The van der Waals surface area contributed by atoms with Crippen molar-refractivity contribution in [3.63, 3.8) is 0 Å². The minimum absolute atomic E-state index is 0.223. The molecule has 0 aliphatic carbocycles. The lowest BCUT2D eigenvalue weighted by Crippen LogP contribution is -2.46. The van der Waals surface area contributed by atoms with Gasteiger partial charge in [0.05, 0.1) is 0 Å². The number of amides is 3. The van der Waals surface area contributed by atoms with E-state index in [0.29, 0.717) is 29.5 Å². The molecule has 2 aliphatic rings. The lowest BCUT2D eigenvalue weighted by molar-refractivity contribution is -0.132. The molecule has 1 fully saturated rings. The number of nitrogens with zero attached hydrogens (tertiary/aromatic N) is 1. The van der Waals surface area contributed by atoms with Gasteiger partial charge in [-0.15, -0.1) is 0 Å². The summed E-state index contributed by atoms with van der Waals surface area (Å²) in [6.07, 6.45) is 3.68. The van der Waals surface area contributed by atoms with Crippen LogP contribution in [0.25, 0.3) is 6.08 Å². The second kappa shape index (κ2) is 6.27. The standard InChI is InChI=1S/C17H16N2O5/c20-14-6-2-5-13(16(23)18-14)19-9-12-10(7-8-15(21)22)3-1-4-11(12)17(19)24/h1,3-4,7-8,13H,2,5-6,9H2,(H,21,22)(H,18,20,23)/b8-7+. The van der Waals surface area contributed by atoms with Crippen molar-refractivity contribution in [2.24, 2.45) is 0 Å². The Kier molecular flexibility index (Phi) is 4.16. The van der Waals surface area contributed by atoms with Crippen LogP contribution in [0.15, 0.2) is 24.3 Å². The minimum Gasteiger partial charge on any atom is -0.478 e. The van der Waals surface area contributed by atoms with Gasteiger partial charge < -0.3 is 10.0 Å². The second-order valence-corrected chi connectivity index (χ2v) is 5.80. The maximum Gasteiger partial charge on any atom is 0.328 e. The van der Waals surface area contributed by atoms with Crippen LogP contribution in [0.1, 0.15) is 40.7 Å². The van der Waals surface area contributed by atoms with Gasteiger partial charge in [-0.3, -0.25) is 19.7 Å². The van der Waals surface area contributed by atoms with E-state index < -0.39 is 17.9 Å². The molecular formula is C17H16N2O5. The van der Waals surface area contributed by atoms with Crippen molar-refractivity contribution in [2.45, 2.75) is 31.8 Å². The highest BCUT2D eigenvalue weighted by molar-refractivity contribution is 6.05. The number of hydrogen-bond donors (Lipinski definition) is 2. The Bertz CT molecular complexity index is 768. The molecule has 124 valence electrons. The van der Waals surface area contributed by atoms with Crippen molar-refractivity contribution in [2.75, 3.05) is 0 Å². The van der Waals surface area contributed by atoms with E-state index >= 15 is 0 Å². The molecule has 1 saturated heterocycles. The van der Waals surface area contributed by atoms with Crippen LogP contribution in [0, 0.1) is 0 Å². The first-order valence-electron chi connectivity index (χ1n) is 7.65. The van der Waals surface area contributed by atoms with E-state index in [9.17, 15) is 19.2 Å². The van der Waals surface area contributed by atoms with Gasteiger partial charge in [-0.1, -0.05) is 12.1 Å². The molecule has 1 aromatic rings. The number of benzene rings is 1. The highest BCUT2D eigenvalue weighted by Crippen LogP contribution is 2.30. The smallest absolute Gasteiger partial charge is 0.328 e. The molecule has 24 heavy (non-hydrogen) atoms. The summed E-state index contributed by atoms with van der Waals surface area (Å²) in [5.74, 6) is -2.13. The molecule has 1 aromatic carbocycles. The maximum atomic E-state index is 12.6. The lowest BCUT2D eigenvalue weighted by Gasteiger charge is -2.24. The summed E-state index contributed by atoms with van der Waals surface area (Å²) in [5.41, 5.74) is 1.80. The number of carbonyl (C=O) groups is 4. The monoisotopic (exact) mass is 328 g/mol. The topological polar surface area (TPSA) is 104 Å². The molecular weight excluding hydrogens is 312 g/mol. The van der Waals surface area contributed by atoms with Crippen LogP contribution in [0.4, 0.5) is 0 Å². The summed E-state index contributed by atoms with van der Waals surface area (Å²) in [7, 11) is 0. The third-order valence-electron chi connectivity index (χ3n) is 4.26. The molecule has 2 aliphatic heterocycles. The molecule has 7 heteroatoms. The minimum atomic E-state index is -1.07. The molecule has 1 unspecified atom stereocenters. The molecule has 2 heterocycles. The molecule has 0 saturated carbocycles. The van der Waals surface area contributed by atoms with Crippen molar-refractivity contribution in [1.29, 1.82) is 0 Å². The fourth-order valence-corrected chi connectivity index (χ4v) is 3.11. The predicted octanol–water partition coefficient (Wildman–Crippen LogP) is 0.935. The number of carboxylic acids is 1. The number of aliphatic carboxylic acids is 1. The van der Waals surface area contributed by atoms with Crippen molar-refractivity contribution in [1.82, 2.24) is 10.2 Å². The largest absolute Gasteiger partial charge is 0.478 e. The van der Waals surface area contributed by atoms with Gasteiger partial charge in [0.2, 0.25) is 11.8 Å². The predicted molar refractivity (Wildman–Crippen MR) is 83.8 cm³/mol. The van der Waals surface area contributed by atoms with Crippen LogP contribution in [0.2, 0.25) is 0 Å². The zero-order valence-corrected chi connectivity index (χ0v) is 12.8. The van der Waals surface area contributed by atoms with E-state index in [2.05, 4.69) is 5.32 Å². The van der Waals surface area contributed by atoms with Gasteiger partial charge in [0.1, 0.15) is 6.04 Å². The van der Waals surface area contributed by atoms with Gasteiger partial charge in [-0.05, 0) is 36.1 Å². The summed E-state index contributed by atoms with van der Waals surface area (Å²) in [4.78, 5) is 48.5. The fraction of sp³-hybridized carbons (Fsp3) is 0.294. The number of nitrogens with one attached hydrogen (secondary N) is 1. The number of hydrogen-bond acceptors (Lipinski definition) is 4. The van der Waals surface area contributed by atoms with Crippen molar-refractivity contribution in [3.05, 3.63) is 41.0 Å². The van der Waals surface area contributed by atoms with Crippen molar-refractivity contribution >= 4 is 29.8 Å². The molecule has 0 bridgehead atoms. The van der Waals surface area contributed by atoms with E-state index in [-0.39, 0.29) is 24.8 Å². The van der Waals surface area contributed by atoms with Gasteiger partial charge in [0.25, 0.3) is 5.91 Å². The molecule has 7 nitrogen and oxygen atoms in total. The van der Waals surface area contributed by atoms with Crippen LogP contribution >= 0.6 is 0 Å². The summed E-state index contributed by atoms with van der Waals surface area (Å²) in [6, 6.07) is 4.38. The summed E-state index contributed by atoms with van der Waals surface area (Å²) < 4.78 is 0. The van der Waals surface area contributed by atoms with E-state index in [0.717, 1.165) is 6.08 Å². The zero-order valence-electron chi connectivity index (χ0n) is 12.8. The van der Waals surface area contributed by atoms with Crippen LogP contribution in [0.3, 0.4) is 0 Å². The fourth-order valence-electron chi connectivity index (χ4n) is 3.11. The van der Waals surface area contributed by atoms with Crippen LogP contribution < -0.4 is 5.32 Å². The molecule has 0 radical (unpaired) electrons. The Morgan fingerprint density at radius 1 is 1.29 bits per heavy atom. The number of rotatable bonds is 3. The Morgan fingerprint density at radius 3 is 2.83 bits per heavy atom. The number of carbonyl (C=O) groups excluding carboxylic acids is 3. The molecule has 1 atom stereocenters. The maximum absolute atomic E-state index is 12.6. The van der Waals surface area contributed by atoms with E-state index in [1.807, 2.05) is 0 Å². The van der Waals surface area contributed by atoms with E-state index in [4.69, 9.17) is 5.11 Å². The van der Waals surface area contributed by atoms with Gasteiger partial charge in [0.15, 0.2) is 0 Å². The molecule has 0 spiro atoms. The third kappa shape index (κ3) is 2.92. The number of imide groups is 1. The highest BCUT2D eigenvalue weighted by atomic mass is 16.4. The molecule has 3 rings (SSSR count). The van der Waals surface area contributed by atoms with E-state index in [1.54, 1.807) is 18.2 Å². The van der Waals surface area contributed by atoms with Gasteiger partial charge in [0, 0.05) is 24.6 Å². The average molecular weight is 328 g/mol. The van der Waals surface area contributed by atoms with Crippen LogP contribution in [-0.2, 0) is 20.9 Å². The summed E-state index contributed by atoms with van der Waals surface area (Å²) >= 11 is 0. The first-order valence-corrected chi connectivity index (χ1v) is 7.65.